The van der Waals surface area contributed by atoms with E-state index in [9.17, 15) is 9.90 Å². The monoisotopic (exact) mass is 250 g/mol. The minimum absolute atomic E-state index is 0.0177. The number of aromatic hydroxyl groups is 1. The van der Waals surface area contributed by atoms with Gasteiger partial charge in [-0.05, 0) is 12.1 Å². The summed E-state index contributed by atoms with van der Waals surface area (Å²) < 4.78 is 0. The first-order valence-electron chi connectivity index (χ1n) is 4.84. The van der Waals surface area contributed by atoms with Crippen LogP contribution in [0.5, 0.6) is 5.75 Å². The first-order valence-corrected chi connectivity index (χ1v) is 5.66. The number of thiazole rings is 1. The SMILES string of the molecule is NCc1sc(-c2cccc(O)c2)nc1C(=O)O. The Morgan fingerprint density at radius 1 is 1.47 bits per heavy atom. The highest BCUT2D eigenvalue weighted by Gasteiger charge is 2.17. The number of hydrogen-bond acceptors (Lipinski definition) is 5. The van der Waals surface area contributed by atoms with Crippen molar-refractivity contribution in [1.29, 1.82) is 0 Å². The topological polar surface area (TPSA) is 96.4 Å². The fourth-order valence-electron chi connectivity index (χ4n) is 1.42. The van der Waals surface area contributed by atoms with Crippen molar-refractivity contribution in [3.05, 3.63) is 34.8 Å². The van der Waals surface area contributed by atoms with Gasteiger partial charge in [-0.25, -0.2) is 9.78 Å². The number of nitrogens with zero attached hydrogens (tertiary/aromatic N) is 1. The lowest BCUT2D eigenvalue weighted by molar-refractivity contribution is 0.0690. The van der Waals surface area contributed by atoms with Crippen LogP contribution in [0.25, 0.3) is 10.6 Å². The van der Waals surface area contributed by atoms with Gasteiger partial charge in [0.15, 0.2) is 5.69 Å². The molecule has 5 nitrogen and oxygen atoms in total. The summed E-state index contributed by atoms with van der Waals surface area (Å²) in [4.78, 5) is 15.5. The van der Waals surface area contributed by atoms with E-state index in [1.807, 2.05) is 0 Å². The number of rotatable bonds is 3. The first kappa shape index (κ1) is 11.6. The highest BCUT2D eigenvalue weighted by Crippen LogP contribution is 2.29. The summed E-state index contributed by atoms with van der Waals surface area (Å²) in [6.45, 7) is 0.137. The first-order chi connectivity index (χ1) is 8.11. The van der Waals surface area contributed by atoms with E-state index in [0.29, 0.717) is 15.4 Å². The summed E-state index contributed by atoms with van der Waals surface area (Å²) in [5.74, 6) is -0.975. The molecule has 0 aliphatic heterocycles. The molecule has 0 aliphatic carbocycles. The van der Waals surface area contributed by atoms with Gasteiger partial charge < -0.3 is 15.9 Å². The van der Waals surface area contributed by atoms with Crippen LogP contribution in [0.4, 0.5) is 0 Å². The maximum absolute atomic E-state index is 10.9. The second-order valence-corrected chi connectivity index (χ2v) is 4.43. The van der Waals surface area contributed by atoms with E-state index < -0.39 is 5.97 Å². The van der Waals surface area contributed by atoms with Crippen LogP contribution in [0, 0.1) is 0 Å². The number of carboxylic acid groups (broad SMARTS) is 1. The van der Waals surface area contributed by atoms with Crippen molar-refractivity contribution < 1.29 is 15.0 Å². The summed E-state index contributed by atoms with van der Waals surface area (Å²) >= 11 is 1.22. The second-order valence-electron chi connectivity index (χ2n) is 3.35. The van der Waals surface area contributed by atoms with Crippen LogP contribution in [-0.4, -0.2) is 21.2 Å². The zero-order chi connectivity index (χ0) is 12.4. The number of benzene rings is 1. The lowest BCUT2D eigenvalue weighted by Crippen LogP contribution is -2.04. The Hall–Kier alpha value is -1.92. The van der Waals surface area contributed by atoms with Gasteiger partial charge in [0.25, 0.3) is 0 Å². The van der Waals surface area contributed by atoms with Crippen LogP contribution >= 0.6 is 11.3 Å². The van der Waals surface area contributed by atoms with E-state index in [4.69, 9.17) is 10.8 Å². The molecular formula is C11H10N2O3S. The highest BCUT2D eigenvalue weighted by molar-refractivity contribution is 7.15. The number of aromatic carboxylic acids is 1. The average Bonchev–Trinajstić information content (AvgIpc) is 2.73. The van der Waals surface area contributed by atoms with Crippen LogP contribution < -0.4 is 5.73 Å². The molecule has 0 bridgehead atoms. The molecule has 2 rings (SSSR count). The fraction of sp³-hybridized carbons (Fsp3) is 0.0909. The van der Waals surface area contributed by atoms with Gasteiger partial charge in [-0.15, -0.1) is 11.3 Å². The van der Waals surface area contributed by atoms with Crippen LogP contribution in [0.1, 0.15) is 15.4 Å². The Kier molecular flexibility index (Phi) is 3.08. The number of phenolic OH excluding ortho intramolecular Hbond substituents is 1. The van der Waals surface area contributed by atoms with Crippen molar-refractivity contribution in [2.24, 2.45) is 5.73 Å². The second kappa shape index (κ2) is 4.52. The molecule has 1 aromatic carbocycles. The Morgan fingerprint density at radius 3 is 2.76 bits per heavy atom. The van der Waals surface area contributed by atoms with Crippen molar-refractivity contribution in [3.63, 3.8) is 0 Å². The third-order valence-corrected chi connectivity index (χ3v) is 3.31. The van der Waals surface area contributed by atoms with Gasteiger partial charge in [0.05, 0.1) is 4.88 Å². The molecule has 17 heavy (non-hydrogen) atoms. The van der Waals surface area contributed by atoms with Crippen molar-refractivity contribution in [2.45, 2.75) is 6.54 Å². The summed E-state index contributed by atoms with van der Waals surface area (Å²) in [6, 6.07) is 6.50. The normalized spacial score (nSPS) is 10.4. The van der Waals surface area contributed by atoms with Crippen LogP contribution in [-0.2, 0) is 6.54 Å². The predicted octanol–water partition coefficient (Wildman–Crippen LogP) is 1.67. The largest absolute Gasteiger partial charge is 0.508 e. The molecule has 0 atom stereocenters. The molecule has 0 amide bonds. The van der Waals surface area contributed by atoms with E-state index in [1.165, 1.54) is 17.4 Å². The molecule has 0 aliphatic rings. The van der Waals surface area contributed by atoms with E-state index in [0.717, 1.165) is 0 Å². The van der Waals surface area contributed by atoms with Gasteiger partial charge in [0.1, 0.15) is 10.8 Å². The maximum Gasteiger partial charge on any atom is 0.355 e. The summed E-state index contributed by atoms with van der Waals surface area (Å²) in [7, 11) is 0. The molecule has 0 radical (unpaired) electrons. The minimum atomic E-state index is -1.09. The molecule has 0 saturated heterocycles. The highest BCUT2D eigenvalue weighted by atomic mass is 32.1. The number of carboxylic acids is 1. The summed E-state index contributed by atoms with van der Waals surface area (Å²) in [5.41, 5.74) is 6.13. The van der Waals surface area contributed by atoms with Gasteiger partial charge in [-0.1, -0.05) is 12.1 Å². The Labute approximate surface area is 101 Å². The van der Waals surface area contributed by atoms with Gasteiger partial charge >= 0.3 is 5.97 Å². The molecule has 0 spiro atoms. The molecule has 6 heteroatoms. The predicted molar refractivity (Wildman–Crippen MR) is 64.1 cm³/mol. The Bertz CT molecular complexity index is 566. The molecule has 1 aromatic heterocycles. The van der Waals surface area contributed by atoms with Gasteiger partial charge in [0, 0.05) is 12.1 Å². The van der Waals surface area contributed by atoms with Crippen LogP contribution in [0.2, 0.25) is 0 Å². The minimum Gasteiger partial charge on any atom is -0.508 e. The molecule has 88 valence electrons. The fourth-order valence-corrected chi connectivity index (χ4v) is 2.35. The summed E-state index contributed by atoms with van der Waals surface area (Å²) in [6.07, 6.45) is 0. The standard InChI is InChI=1S/C11H10N2O3S/c12-5-8-9(11(15)16)13-10(17-8)6-2-1-3-7(14)4-6/h1-4,14H,5,12H2,(H,15,16). The summed E-state index contributed by atoms with van der Waals surface area (Å²) in [5, 5.41) is 18.8. The van der Waals surface area contributed by atoms with Crippen molar-refractivity contribution in [1.82, 2.24) is 4.98 Å². The van der Waals surface area contributed by atoms with Gasteiger partial charge in [-0.2, -0.15) is 0 Å². The molecule has 4 N–H and O–H groups in total. The van der Waals surface area contributed by atoms with Gasteiger partial charge in [0.2, 0.25) is 0 Å². The third kappa shape index (κ3) is 2.27. The molecular weight excluding hydrogens is 240 g/mol. The number of phenols is 1. The van der Waals surface area contributed by atoms with E-state index in [1.54, 1.807) is 18.2 Å². The van der Waals surface area contributed by atoms with E-state index >= 15 is 0 Å². The van der Waals surface area contributed by atoms with E-state index in [2.05, 4.69) is 4.98 Å². The third-order valence-electron chi connectivity index (χ3n) is 2.18. The maximum atomic E-state index is 10.9. The van der Waals surface area contributed by atoms with E-state index in [-0.39, 0.29) is 18.0 Å². The van der Waals surface area contributed by atoms with Crippen LogP contribution in [0.15, 0.2) is 24.3 Å². The van der Waals surface area contributed by atoms with Crippen LogP contribution in [0.3, 0.4) is 0 Å². The molecule has 0 fully saturated rings. The quantitative estimate of drug-likeness (QED) is 0.770. The number of hydrogen-bond donors (Lipinski definition) is 3. The lowest BCUT2D eigenvalue weighted by Gasteiger charge is -1.96. The lowest BCUT2D eigenvalue weighted by atomic mass is 10.2. The molecule has 0 unspecified atom stereocenters. The number of nitrogens with two attached hydrogens (primary N) is 1. The number of carbonyl (C=O) groups is 1. The Morgan fingerprint density at radius 2 is 2.24 bits per heavy atom. The zero-order valence-corrected chi connectivity index (χ0v) is 9.57. The van der Waals surface area contributed by atoms with Crippen molar-refractivity contribution in [2.75, 3.05) is 0 Å². The smallest absolute Gasteiger partial charge is 0.355 e. The Balaban J connectivity index is 2.50. The van der Waals surface area contributed by atoms with Gasteiger partial charge in [-0.3, -0.25) is 0 Å². The zero-order valence-electron chi connectivity index (χ0n) is 8.75. The van der Waals surface area contributed by atoms with Crippen molar-refractivity contribution in [3.8, 4) is 16.3 Å². The average molecular weight is 250 g/mol. The molecule has 0 saturated carbocycles. The number of aromatic nitrogens is 1. The van der Waals surface area contributed by atoms with Crippen molar-refractivity contribution >= 4 is 17.3 Å². The molecule has 2 aromatic rings. The molecule has 1 heterocycles.